The zero-order chi connectivity index (χ0) is 25.7. The molecule has 4 aromatic rings. The van der Waals surface area contributed by atoms with Crippen LogP contribution in [0.5, 0.6) is 10.9 Å². The Labute approximate surface area is 214 Å². The highest BCUT2D eigenvalue weighted by Crippen LogP contribution is 2.38. The van der Waals surface area contributed by atoms with E-state index < -0.39 is 11.9 Å². The van der Waals surface area contributed by atoms with Crippen LogP contribution in [0.1, 0.15) is 32.1 Å². The van der Waals surface area contributed by atoms with Gasteiger partial charge in [-0.05, 0) is 48.1 Å². The number of nitrogens with one attached hydrogen (secondary N) is 1. The summed E-state index contributed by atoms with van der Waals surface area (Å²) in [6.07, 6.45) is 4.60. The smallest absolute Gasteiger partial charge is 0.339 e. The molecule has 11 nitrogen and oxygen atoms in total. The summed E-state index contributed by atoms with van der Waals surface area (Å²) in [7, 11) is 2.79. The van der Waals surface area contributed by atoms with Gasteiger partial charge in [-0.15, -0.1) is 5.10 Å². The van der Waals surface area contributed by atoms with Gasteiger partial charge in [-0.25, -0.2) is 9.78 Å². The third kappa shape index (κ3) is 5.39. The summed E-state index contributed by atoms with van der Waals surface area (Å²) >= 11 is 7.43. The number of ether oxygens (including phenoxy) is 3. The molecule has 1 amide bonds. The first-order valence-corrected chi connectivity index (χ1v) is 11.6. The molecule has 0 atom stereocenters. The fourth-order valence-electron chi connectivity index (χ4n) is 3.26. The number of hydrogen-bond donors (Lipinski definition) is 1. The number of methoxy groups -OCH3 is 2. The normalized spacial score (nSPS) is 10.6. The van der Waals surface area contributed by atoms with Crippen molar-refractivity contribution >= 4 is 39.9 Å². The lowest BCUT2D eigenvalue weighted by atomic mass is 9.99. The second-order valence-corrected chi connectivity index (χ2v) is 8.45. The molecule has 0 fully saturated rings. The van der Waals surface area contributed by atoms with E-state index in [0.717, 1.165) is 11.3 Å². The van der Waals surface area contributed by atoms with E-state index in [9.17, 15) is 9.59 Å². The zero-order valence-corrected chi connectivity index (χ0v) is 20.9. The van der Waals surface area contributed by atoms with Gasteiger partial charge in [0.25, 0.3) is 11.1 Å². The first-order chi connectivity index (χ1) is 17.4. The molecule has 0 aliphatic carbocycles. The predicted octanol–water partition coefficient (Wildman–Crippen LogP) is 3.98. The molecule has 184 valence electrons. The third-order valence-corrected chi connectivity index (χ3v) is 5.92. The number of carbonyl (C=O) groups is 2. The molecule has 0 radical (unpaired) electrons. The molecule has 4 rings (SSSR count). The highest BCUT2D eigenvalue weighted by molar-refractivity contribution is 7.17. The predicted molar refractivity (Wildman–Crippen MR) is 132 cm³/mol. The maximum atomic E-state index is 13.3. The minimum atomic E-state index is -0.541. The van der Waals surface area contributed by atoms with Gasteiger partial charge in [0.1, 0.15) is 17.5 Å². The molecule has 0 saturated carbocycles. The lowest BCUT2D eigenvalue weighted by molar-refractivity contribution is 0.0600. The Kier molecular flexibility index (Phi) is 7.66. The fraction of sp³-hybridized carbons (Fsp3) is 0.174. The van der Waals surface area contributed by atoms with Crippen LogP contribution in [-0.4, -0.2) is 51.2 Å². The van der Waals surface area contributed by atoms with Crippen LogP contribution in [0.2, 0.25) is 5.15 Å². The average Bonchev–Trinajstić information content (AvgIpc) is 3.34. The standard InChI is InChI=1S/C23H19ClN6O5S/c1-12-18(33-2)16(13-6-8-25-9-7-13)17(19(24)27-12)20(31)28-22-29-30-23(36-22)35-11-15-5-4-14(10-26-15)21(32)34-3/h4-10H,11H2,1-3H3,(H,28,29,31). The van der Waals surface area contributed by atoms with Crippen molar-refractivity contribution in [3.8, 4) is 22.1 Å². The molecular weight excluding hydrogens is 508 g/mol. The van der Waals surface area contributed by atoms with Crippen LogP contribution in [0.15, 0.2) is 42.9 Å². The molecule has 4 aromatic heterocycles. The van der Waals surface area contributed by atoms with Crippen LogP contribution in [0.3, 0.4) is 0 Å². The van der Waals surface area contributed by atoms with Crippen LogP contribution < -0.4 is 14.8 Å². The van der Waals surface area contributed by atoms with E-state index >= 15 is 0 Å². The second kappa shape index (κ2) is 11.1. The molecule has 1 N–H and O–H groups in total. The van der Waals surface area contributed by atoms with Crippen molar-refractivity contribution in [2.45, 2.75) is 13.5 Å². The number of esters is 1. The monoisotopic (exact) mass is 526 g/mol. The highest BCUT2D eigenvalue weighted by Gasteiger charge is 2.25. The Balaban J connectivity index is 1.51. The molecule has 0 unspecified atom stereocenters. The zero-order valence-electron chi connectivity index (χ0n) is 19.3. The summed E-state index contributed by atoms with van der Waals surface area (Å²) in [5.41, 5.74) is 2.72. The molecule has 0 spiro atoms. The maximum Gasteiger partial charge on any atom is 0.339 e. The molecule has 0 aliphatic heterocycles. The molecular formula is C23H19ClN6O5S. The Hall–Kier alpha value is -4.16. The van der Waals surface area contributed by atoms with Crippen molar-refractivity contribution in [2.24, 2.45) is 0 Å². The van der Waals surface area contributed by atoms with E-state index in [1.54, 1.807) is 43.6 Å². The van der Waals surface area contributed by atoms with Gasteiger partial charge in [-0.3, -0.25) is 20.1 Å². The number of carbonyl (C=O) groups excluding carboxylic acids is 2. The van der Waals surface area contributed by atoms with E-state index in [1.807, 2.05) is 0 Å². The molecule has 0 bridgehead atoms. The second-order valence-electron chi connectivity index (χ2n) is 7.15. The number of anilines is 1. The number of nitrogens with zero attached hydrogens (tertiary/aromatic N) is 5. The van der Waals surface area contributed by atoms with Crippen LogP contribution in [0, 0.1) is 6.92 Å². The van der Waals surface area contributed by atoms with Crippen LogP contribution >= 0.6 is 22.9 Å². The number of halogens is 1. The quantitative estimate of drug-likeness (QED) is 0.265. The summed E-state index contributed by atoms with van der Waals surface area (Å²) < 4.78 is 15.8. The average molecular weight is 527 g/mol. The lowest BCUT2D eigenvalue weighted by Crippen LogP contribution is -2.16. The van der Waals surface area contributed by atoms with Gasteiger partial charge in [0.2, 0.25) is 5.13 Å². The largest absolute Gasteiger partial charge is 0.494 e. The van der Waals surface area contributed by atoms with Crippen LogP contribution in [0.4, 0.5) is 5.13 Å². The lowest BCUT2D eigenvalue weighted by Gasteiger charge is -2.16. The number of aromatic nitrogens is 5. The van der Waals surface area contributed by atoms with E-state index in [0.29, 0.717) is 33.8 Å². The Morgan fingerprint density at radius 3 is 2.56 bits per heavy atom. The Bertz CT molecular complexity index is 1400. The summed E-state index contributed by atoms with van der Waals surface area (Å²) in [5, 5.41) is 11.0. The Morgan fingerprint density at radius 2 is 1.89 bits per heavy atom. The van der Waals surface area contributed by atoms with Gasteiger partial charge >= 0.3 is 5.97 Å². The van der Waals surface area contributed by atoms with Crippen molar-refractivity contribution < 1.29 is 23.8 Å². The number of amides is 1. The molecule has 0 aliphatic rings. The number of rotatable bonds is 8. The first-order valence-electron chi connectivity index (χ1n) is 10.4. The number of hydrogen-bond acceptors (Lipinski definition) is 11. The summed E-state index contributed by atoms with van der Waals surface area (Å²) in [4.78, 5) is 37.2. The van der Waals surface area contributed by atoms with Gasteiger partial charge in [-0.2, -0.15) is 0 Å². The van der Waals surface area contributed by atoms with E-state index in [2.05, 4.69) is 35.2 Å². The molecule has 0 aromatic carbocycles. The van der Waals surface area contributed by atoms with Gasteiger partial charge in [-0.1, -0.05) is 16.7 Å². The number of aryl methyl sites for hydroxylation is 1. The van der Waals surface area contributed by atoms with Gasteiger partial charge in [0, 0.05) is 24.2 Å². The SMILES string of the molecule is COC(=O)c1ccc(COc2nnc(NC(=O)c3c(Cl)nc(C)c(OC)c3-c3ccncc3)s2)nc1. The molecule has 0 saturated heterocycles. The van der Waals surface area contributed by atoms with E-state index in [-0.39, 0.29) is 27.6 Å². The highest BCUT2D eigenvalue weighted by atomic mass is 35.5. The van der Waals surface area contributed by atoms with E-state index in [4.69, 9.17) is 21.1 Å². The fourth-order valence-corrected chi connectivity index (χ4v) is 4.16. The minimum absolute atomic E-state index is 0.0140. The molecule has 36 heavy (non-hydrogen) atoms. The maximum absolute atomic E-state index is 13.3. The van der Waals surface area contributed by atoms with Crippen molar-refractivity contribution in [3.05, 3.63) is 70.5 Å². The van der Waals surface area contributed by atoms with Gasteiger partial charge in [0.15, 0.2) is 0 Å². The number of pyridine rings is 3. The Morgan fingerprint density at radius 1 is 1.11 bits per heavy atom. The molecule has 4 heterocycles. The van der Waals surface area contributed by atoms with E-state index in [1.165, 1.54) is 20.4 Å². The summed E-state index contributed by atoms with van der Waals surface area (Å²) in [6, 6.07) is 6.70. The van der Waals surface area contributed by atoms with Crippen molar-refractivity contribution in [2.75, 3.05) is 19.5 Å². The summed E-state index contributed by atoms with van der Waals surface area (Å²) in [5.74, 6) is -0.601. The van der Waals surface area contributed by atoms with Gasteiger partial charge in [0.05, 0.1) is 36.7 Å². The van der Waals surface area contributed by atoms with Crippen molar-refractivity contribution in [1.82, 2.24) is 25.1 Å². The minimum Gasteiger partial charge on any atom is -0.494 e. The van der Waals surface area contributed by atoms with Crippen molar-refractivity contribution in [1.29, 1.82) is 0 Å². The van der Waals surface area contributed by atoms with Gasteiger partial charge < -0.3 is 14.2 Å². The van der Waals surface area contributed by atoms with Crippen LogP contribution in [0.25, 0.3) is 11.1 Å². The molecule has 13 heteroatoms. The van der Waals surface area contributed by atoms with Crippen molar-refractivity contribution in [3.63, 3.8) is 0 Å². The third-order valence-electron chi connectivity index (χ3n) is 4.89. The van der Waals surface area contributed by atoms with Crippen LogP contribution in [-0.2, 0) is 11.3 Å². The first kappa shape index (κ1) is 24.9. The summed E-state index contributed by atoms with van der Waals surface area (Å²) in [6.45, 7) is 1.82. The topological polar surface area (TPSA) is 138 Å².